The number of rotatable bonds is 4. The van der Waals surface area contributed by atoms with Gasteiger partial charge in [-0.25, -0.2) is 0 Å². The molecule has 0 atom stereocenters. The smallest absolute Gasteiger partial charge is 0.310 e. The standard InChI is InChI=1S/C24H16F3NO/c25-24(26,27)19-10-14-21(15-11-19)28(20-12-8-17(16-29)9-13-20)23-7-3-5-18-4-1-2-6-22(18)23/h1-16H. The Kier molecular flexibility index (Phi) is 4.80. The first-order chi connectivity index (χ1) is 14.0. The molecule has 0 saturated carbocycles. The maximum atomic E-state index is 13.0. The van der Waals surface area contributed by atoms with E-state index in [2.05, 4.69) is 0 Å². The van der Waals surface area contributed by atoms with E-state index in [-0.39, 0.29) is 0 Å². The quantitative estimate of drug-likeness (QED) is 0.345. The highest BCUT2D eigenvalue weighted by molar-refractivity contribution is 5.98. The van der Waals surface area contributed by atoms with Gasteiger partial charge in [0.1, 0.15) is 6.29 Å². The molecule has 0 spiro atoms. The molecule has 0 aliphatic heterocycles. The Labute approximate surface area is 165 Å². The summed E-state index contributed by atoms with van der Waals surface area (Å²) in [6, 6.07) is 25.6. The zero-order valence-electron chi connectivity index (χ0n) is 15.2. The monoisotopic (exact) mass is 391 g/mol. The average molecular weight is 391 g/mol. The first kappa shape index (κ1) is 18.7. The molecule has 4 aromatic rings. The fraction of sp³-hybridized carbons (Fsp3) is 0.0417. The van der Waals surface area contributed by atoms with Gasteiger partial charge in [0.2, 0.25) is 0 Å². The number of benzene rings is 4. The molecule has 144 valence electrons. The predicted molar refractivity (Wildman–Crippen MR) is 109 cm³/mol. The van der Waals surface area contributed by atoms with E-state index in [1.54, 1.807) is 24.3 Å². The predicted octanol–water partition coefficient (Wildman–Crippen LogP) is 7.14. The molecule has 0 bridgehead atoms. The lowest BCUT2D eigenvalue weighted by Crippen LogP contribution is -2.11. The fourth-order valence-corrected chi connectivity index (χ4v) is 3.33. The van der Waals surface area contributed by atoms with Crippen LogP contribution in [0, 0.1) is 0 Å². The molecule has 0 fully saturated rings. The largest absolute Gasteiger partial charge is 0.416 e. The molecule has 4 aromatic carbocycles. The van der Waals surface area contributed by atoms with E-state index in [9.17, 15) is 18.0 Å². The van der Waals surface area contributed by atoms with Crippen LogP contribution in [-0.4, -0.2) is 6.29 Å². The van der Waals surface area contributed by atoms with Crippen LogP contribution in [0.1, 0.15) is 15.9 Å². The highest BCUT2D eigenvalue weighted by atomic mass is 19.4. The van der Waals surface area contributed by atoms with Crippen LogP contribution in [-0.2, 0) is 6.18 Å². The second-order valence-corrected chi connectivity index (χ2v) is 6.59. The molecule has 29 heavy (non-hydrogen) atoms. The minimum absolute atomic E-state index is 0.527. The Bertz CT molecular complexity index is 1140. The zero-order chi connectivity index (χ0) is 20.4. The number of hydrogen-bond acceptors (Lipinski definition) is 2. The molecule has 5 heteroatoms. The number of aldehydes is 1. The second kappa shape index (κ2) is 7.43. The van der Waals surface area contributed by atoms with Gasteiger partial charge in [0.25, 0.3) is 0 Å². The van der Waals surface area contributed by atoms with Crippen LogP contribution in [0.15, 0.2) is 91.0 Å². The highest BCUT2D eigenvalue weighted by Gasteiger charge is 2.30. The summed E-state index contributed by atoms with van der Waals surface area (Å²) in [5, 5.41) is 1.99. The summed E-state index contributed by atoms with van der Waals surface area (Å²) < 4.78 is 39.0. The van der Waals surface area contributed by atoms with Gasteiger partial charge >= 0.3 is 6.18 Å². The van der Waals surface area contributed by atoms with Crippen LogP contribution in [0.4, 0.5) is 30.2 Å². The van der Waals surface area contributed by atoms with Crippen molar-refractivity contribution in [3.05, 3.63) is 102 Å². The van der Waals surface area contributed by atoms with E-state index in [4.69, 9.17) is 0 Å². The number of fused-ring (bicyclic) bond motifs is 1. The first-order valence-electron chi connectivity index (χ1n) is 8.98. The van der Waals surface area contributed by atoms with Crippen molar-refractivity contribution in [2.24, 2.45) is 0 Å². The molecule has 0 amide bonds. The third-order valence-corrected chi connectivity index (χ3v) is 4.75. The molecule has 0 unspecified atom stereocenters. The normalized spacial score (nSPS) is 11.4. The van der Waals surface area contributed by atoms with Gasteiger partial charge in [-0.15, -0.1) is 0 Å². The van der Waals surface area contributed by atoms with Crippen LogP contribution in [0.25, 0.3) is 10.8 Å². The molecule has 0 aliphatic rings. The molecule has 0 aliphatic carbocycles. The van der Waals surface area contributed by atoms with Crippen molar-refractivity contribution in [1.29, 1.82) is 0 Å². The van der Waals surface area contributed by atoms with Crippen molar-refractivity contribution in [3.8, 4) is 0 Å². The summed E-state index contributed by atoms with van der Waals surface area (Å²) in [7, 11) is 0. The van der Waals surface area contributed by atoms with Crippen molar-refractivity contribution in [2.45, 2.75) is 6.18 Å². The number of carbonyl (C=O) groups excluding carboxylic acids is 1. The van der Waals surface area contributed by atoms with E-state index in [0.717, 1.165) is 40.6 Å². The zero-order valence-corrected chi connectivity index (χ0v) is 15.2. The third kappa shape index (κ3) is 3.72. The Balaban J connectivity index is 1.90. The van der Waals surface area contributed by atoms with E-state index < -0.39 is 11.7 Å². The lowest BCUT2D eigenvalue weighted by Gasteiger charge is -2.27. The first-order valence-corrected chi connectivity index (χ1v) is 8.98. The van der Waals surface area contributed by atoms with Gasteiger partial charge in [0.05, 0.1) is 11.3 Å². The highest BCUT2D eigenvalue weighted by Crippen LogP contribution is 2.40. The van der Waals surface area contributed by atoms with Gasteiger partial charge in [0, 0.05) is 22.3 Å². The van der Waals surface area contributed by atoms with E-state index in [1.807, 2.05) is 47.4 Å². The Morgan fingerprint density at radius 2 is 1.28 bits per heavy atom. The fourth-order valence-electron chi connectivity index (χ4n) is 3.33. The number of halogens is 3. The van der Waals surface area contributed by atoms with Gasteiger partial charge in [0.15, 0.2) is 0 Å². The van der Waals surface area contributed by atoms with E-state index in [0.29, 0.717) is 11.3 Å². The molecule has 0 N–H and O–H groups in total. The molecular weight excluding hydrogens is 375 g/mol. The van der Waals surface area contributed by atoms with Gasteiger partial charge in [-0.3, -0.25) is 4.79 Å². The summed E-state index contributed by atoms with van der Waals surface area (Å²) in [5.74, 6) is 0. The van der Waals surface area contributed by atoms with Crippen LogP contribution < -0.4 is 4.90 Å². The molecule has 4 rings (SSSR count). The summed E-state index contributed by atoms with van der Waals surface area (Å²) in [6.45, 7) is 0. The molecule has 0 aromatic heterocycles. The number of nitrogens with zero attached hydrogens (tertiary/aromatic N) is 1. The Morgan fingerprint density at radius 1 is 0.690 bits per heavy atom. The van der Waals surface area contributed by atoms with Gasteiger partial charge in [-0.1, -0.05) is 36.4 Å². The van der Waals surface area contributed by atoms with Crippen LogP contribution in [0.5, 0.6) is 0 Å². The van der Waals surface area contributed by atoms with Crippen molar-refractivity contribution in [2.75, 3.05) is 4.90 Å². The summed E-state index contributed by atoms with van der Waals surface area (Å²) >= 11 is 0. The van der Waals surface area contributed by atoms with Crippen molar-refractivity contribution in [3.63, 3.8) is 0 Å². The van der Waals surface area contributed by atoms with E-state index in [1.165, 1.54) is 12.1 Å². The Hall–Kier alpha value is -3.60. The van der Waals surface area contributed by atoms with Gasteiger partial charge in [-0.05, 0) is 60.0 Å². The van der Waals surface area contributed by atoms with Crippen molar-refractivity contribution < 1.29 is 18.0 Å². The third-order valence-electron chi connectivity index (χ3n) is 4.75. The summed E-state index contributed by atoms with van der Waals surface area (Å²) in [6.07, 6.45) is -3.64. The van der Waals surface area contributed by atoms with Crippen LogP contribution >= 0.6 is 0 Å². The average Bonchev–Trinajstić information content (AvgIpc) is 2.74. The SMILES string of the molecule is O=Cc1ccc(N(c2ccc(C(F)(F)F)cc2)c2cccc3ccccc23)cc1. The number of hydrogen-bond donors (Lipinski definition) is 0. The molecule has 0 saturated heterocycles. The minimum Gasteiger partial charge on any atom is -0.310 e. The lowest BCUT2D eigenvalue weighted by molar-refractivity contribution is -0.137. The van der Waals surface area contributed by atoms with Crippen molar-refractivity contribution >= 4 is 34.1 Å². The van der Waals surface area contributed by atoms with E-state index >= 15 is 0 Å². The summed E-state index contributed by atoms with van der Waals surface area (Å²) in [4.78, 5) is 12.9. The van der Waals surface area contributed by atoms with Crippen LogP contribution in [0.2, 0.25) is 0 Å². The maximum absolute atomic E-state index is 13.0. The molecule has 0 radical (unpaired) electrons. The number of carbonyl (C=O) groups is 1. The second-order valence-electron chi connectivity index (χ2n) is 6.59. The maximum Gasteiger partial charge on any atom is 0.416 e. The molecule has 0 heterocycles. The van der Waals surface area contributed by atoms with Crippen LogP contribution in [0.3, 0.4) is 0 Å². The number of alkyl halides is 3. The molecule has 2 nitrogen and oxygen atoms in total. The Morgan fingerprint density at radius 3 is 1.90 bits per heavy atom. The van der Waals surface area contributed by atoms with Gasteiger partial charge < -0.3 is 4.90 Å². The number of anilines is 3. The lowest BCUT2D eigenvalue weighted by atomic mass is 10.1. The molecular formula is C24H16F3NO. The van der Waals surface area contributed by atoms with Gasteiger partial charge in [-0.2, -0.15) is 13.2 Å². The topological polar surface area (TPSA) is 20.3 Å². The summed E-state index contributed by atoms with van der Waals surface area (Å²) in [5.41, 5.74) is 2.00. The minimum atomic E-state index is -4.39. The van der Waals surface area contributed by atoms with Crippen molar-refractivity contribution in [1.82, 2.24) is 0 Å².